The standard InChI is InChI=1S/C20H23FN2O5S/c1-27-16-7-10-19(28-2)18(12-16)22-20(24)14-4-3-11-23(13-14)29(25,26)17-8-5-15(21)6-9-17/h5-10,12,14H,3-4,11,13H2,1-2H3,(H,22,24). The minimum Gasteiger partial charge on any atom is -0.497 e. The van der Waals surface area contributed by atoms with Crippen LogP contribution in [-0.2, 0) is 14.8 Å². The fraction of sp³-hybridized carbons (Fsp3) is 0.350. The first-order valence-electron chi connectivity index (χ1n) is 9.13. The normalized spacial score (nSPS) is 17.6. The van der Waals surface area contributed by atoms with E-state index in [-0.39, 0.29) is 17.3 Å². The molecular formula is C20H23FN2O5S. The van der Waals surface area contributed by atoms with E-state index in [4.69, 9.17) is 9.47 Å². The molecule has 7 nitrogen and oxygen atoms in total. The van der Waals surface area contributed by atoms with Crippen molar-refractivity contribution < 1.29 is 27.1 Å². The van der Waals surface area contributed by atoms with Crippen LogP contribution in [0.25, 0.3) is 0 Å². The number of rotatable bonds is 6. The highest BCUT2D eigenvalue weighted by atomic mass is 32.2. The summed E-state index contributed by atoms with van der Waals surface area (Å²) in [5.74, 6) is -0.284. The van der Waals surface area contributed by atoms with Crippen molar-refractivity contribution in [3.63, 3.8) is 0 Å². The Hall–Kier alpha value is -2.65. The van der Waals surface area contributed by atoms with E-state index in [1.54, 1.807) is 18.2 Å². The van der Waals surface area contributed by atoms with Crippen molar-refractivity contribution in [2.75, 3.05) is 32.6 Å². The lowest BCUT2D eigenvalue weighted by atomic mass is 9.98. The second kappa shape index (κ2) is 8.79. The summed E-state index contributed by atoms with van der Waals surface area (Å²) < 4.78 is 50.5. The minimum atomic E-state index is -3.80. The zero-order valence-electron chi connectivity index (χ0n) is 16.2. The lowest BCUT2D eigenvalue weighted by Crippen LogP contribution is -2.43. The number of anilines is 1. The zero-order valence-corrected chi connectivity index (χ0v) is 17.0. The maximum absolute atomic E-state index is 13.1. The van der Waals surface area contributed by atoms with Crippen LogP contribution in [0.5, 0.6) is 11.5 Å². The van der Waals surface area contributed by atoms with E-state index in [1.807, 2.05) is 0 Å². The molecule has 2 aromatic rings. The molecule has 29 heavy (non-hydrogen) atoms. The van der Waals surface area contributed by atoms with Gasteiger partial charge in [-0.25, -0.2) is 12.8 Å². The Morgan fingerprint density at radius 1 is 1.14 bits per heavy atom. The summed E-state index contributed by atoms with van der Waals surface area (Å²) in [5.41, 5.74) is 0.454. The van der Waals surface area contributed by atoms with Gasteiger partial charge in [0.2, 0.25) is 15.9 Å². The van der Waals surface area contributed by atoms with E-state index >= 15 is 0 Å². The van der Waals surface area contributed by atoms with Crippen LogP contribution < -0.4 is 14.8 Å². The Balaban J connectivity index is 1.75. The summed E-state index contributed by atoms with van der Waals surface area (Å²) in [6, 6.07) is 9.72. The molecule has 0 aliphatic carbocycles. The molecule has 9 heteroatoms. The summed E-state index contributed by atoms with van der Waals surface area (Å²) in [6.45, 7) is 0.365. The van der Waals surface area contributed by atoms with Gasteiger partial charge < -0.3 is 14.8 Å². The third-order valence-corrected chi connectivity index (χ3v) is 6.75. The number of ether oxygens (including phenoxy) is 2. The number of carbonyl (C=O) groups excluding carboxylic acids is 1. The topological polar surface area (TPSA) is 84.9 Å². The van der Waals surface area contributed by atoms with Gasteiger partial charge in [-0.15, -0.1) is 0 Å². The Morgan fingerprint density at radius 2 is 1.86 bits per heavy atom. The van der Waals surface area contributed by atoms with Crippen molar-refractivity contribution in [2.45, 2.75) is 17.7 Å². The van der Waals surface area contributed by atoms with Gasteiger partial charge in [-0.2, -0.15) is 4.31 Å². The van der Waals surface area contributed by atoms with Crippen LogP contribution in [0.15, 0.2) is 47.4 Å². The van der Waals surface area contributed by atoms with E-state index in [9.17, 15) is 17.6 Å². The number of nitrogens with zero attached hydrogens (tertiary/aromatic N) is 1. The first-order chi connectivity index (χ1) is 13.8. The predicted octanol–water partition coefficient (Wildman–Crippen LogP) is 2.88. The maximum Gasteiger partial charge on any atom is 0.243 e. The largest absolute Gasteiger partial charge is 0.497 e. The number of hydrogen-bond donors (Lipinski definition) is 1. The van der Waals surface area contributed by atoms with E-state index in [0.29, 0.717) is 36.6 Å². The van der Waals surface area contributed by atoms with Crippen molar-refractivity contribution in [2.24, 2.45) is 5.92 Å². The monoisotopic (exact) mass is 422 g/mol. The van der Waals surface area contributed by atoms with Crippen LogP contribution in [-0.4, -0.2) is 45.9 Å². The fourth-order valence-electron chi connectivity index (χ4n) is 3.28. The summed E-state index contributed by atoms with van der Waals surface area (Å²) in [7, 11) is -0.784. The lowest BCUT2D eigenvalue weighted by molar-refractivity contribution is -0.120. The number of benzene rings is 2. The van der Waals surface area contributed by atoms with Crippen molar-refractivity contribution >= 4 is 21.6 Å². The van der Waals surface area contributed by atoms with Crippen molar-refractivity contribution in [3.05, 3.63) is 48.3 Å². The SMILES string of the molecule is COc1ccc(OC)c(NC(=O)C2CCCN(S(=O)(=O)c3ccc(F)cc3)C2)c1. The molecule has 1 N–H and O–H groups in total. The number of halogens is 1. The second-order valence-corrected chi connectivity index (χ2v) is 8.65. The number of sulfonamides is 1. The Morgan fingerprint density at radius 3 is 2.52 bits per heavy atom. The number of methoxy groups -OCH3 is 2. The predicted molar refractivity (Wildman–Crippen MR) is 106 cm³/mol. The van der Waals surface area contributed by atoms with Gasteiger partial charge in [0.05, 0.1) is 30.7 Å². The molecule has 0 aromatic heterocycles. The Labute approximate surface area is 169 Å². The molecule has 3 rings (SSSR count). The van der Waals surface area contributed by atoms with E-state index in [1.165, 1.54) is 30.7 Å². The minimum absolute atomic E-state index is 0.00873. The molecule has 0 spiro atoms. The molecule has 0 saturated carbocycles. The number of amides is 1. The highest BCUT2D eigenvalue weighted by Gasteiger charge is 2.33. The van der Waals surface area contributed by atoms with E-state index in [0.717, 1.165) is 12.1 Å². The highest BCUT2D eigenvalue weighted by Crippen LogP contribution is 2.31. The highest BCUT2D eigenvalue weighted by molar-refractivity contribution is 7.89. The number of piperidine rings is 1. The number of carbonyl (C=O) groups is 1. The van der Waals surface area contributed by atoms with Gasteiger partial charge in [-0.05, 0) is 49.2 Å². The molecule has 2 aromatic carbocycles. The van der Waals surface area contributed by atoms with Crippen LogP contribution in [0.2, 0.25) is 0 Å². The molecule has 1 heterocycles. The maximum atomic E-state index is 13.1. The average molecular weight is 422 g/mol. The molecule has 1 saturated heterocycles. The molecule has 1 atom stereocenters. The van der Waals surface area contributed by atoms with Crippen LogP contribution in [0.4, 0.5) is 10.1 Å². The smallest absolute Gasteiger partial charge is 0.243 e. The number of hydrogen-bond acceptors (Lipinski definition) is 5. The quantitative estimate of drug-likeness (QED) is 0.774. The third-order valence-electron chi connectivity index (χ3n) is 4.87. The molecule has 1 unspecified atom stereocenters. The molecule has 1 amide bonds. The molecule has 156 valence electrons. The zero-order chi connectivity index (χ0) is 21.0. The van der Waals surface area contributed by atoms with Gasteiger partial charge in [-0.3, -0.25) is 4.79 Å². The first-order valence-corrected chi connectivity index (χ1v) is 10.6. The van der Waals surface area contributed by atoms with Crippen molar-refractivity contribution in [1.29, 1.82) is 0 Å². The second-order valence-electron chi connectivity index (χ2n) is 6.71. The van der Waals surface area contributed by atoms with Crippen molar-refractivity contribution in [1.82, 2.24) is 4.31 Å². The van der Waals surface area contributed by atoms with Crippen LogP contribution in [0.1, 0.15) is 12.8 Å². The molecule has 1 aliphatic heterocycles. The molecule has 0 bridgehead atoms. The lowest BCUT2D eigenvalue weighted by Gasteiger charge is -2.31. The first kappa shape index (κ1) is 21.1. The van der Waals surface area contributed by atoms with Crippen molar-refractivity contribution in [3.8, 4) is 11.5 Å². The number of nitrogens with one attached hydrogen (secondary N) is 1. The van der Waals surface area contributed by atoms with Gasteiger partial charge in [0.1, 0.15) is 17.3 Å². The molecule has 0 radical (unpaired) electrons. The summed E-state index contributed by atoms with van der Waals surface area (Å²) in [4.78, 5) is 12.8. The van der Waals surface area contributed by atoms with Crippen LogP contribution in [0, 0.1) is 11.7 Å². The van der Waals surface area contributed by atoms with Gasteiger partial charge in [0.15, 0.2) is 0 Å². The van der Waals surface area contributed by atoms with E-state index < -0.39 is 21.8 Å². The van der Waals surface area contributed by atoms with Gasteiger partial charge in [0.25, 0.3) is 0 Å². The summed E-state index contributed by atoms with van der Waals surface area (Å²) in [6.07, 6.45) is 1.11. The third kappa shape index (κ3) is 4.68. The Kier molecular flexibility index (Phi) is 6.39. The average Bonchev–Trinajstić information content (AvgIpc) is 2.74. The van der Waals surface area contributed by atoms with E-state index in [2.05, 4.69) is 5.32 Å². The van der Waals surface area contributed by atoms with Gasteiger partial charge >= 0.3 is 0 Å². The molecular weight excluding hydrogens is 399 g/mol. The molecule has 1 fully saturated rings. The Bertz CT molecular complexity index is 979. The summed E-state index contributed by atoms with van der Waals surface area (Å²) in [5, 5.41) is 2.81. The summed E-state index contributed by atoms with van der Waals surface area (Å²) >= 11 is 0. The van der Waals surface area contributed by atoms with Gasteiger partial charge in [-0.1, -0.05) is 0 Å². The van der Waals surface area contributed by atoms with Gasteiger partial charge in [0, 0.05) is 19.2 Å². The van der Waals surface area contributed by atoms with Crippen LogP contribution in [0.3, 0.4) is 0 Å². The van der Waals surface area contributed by atoms with Crippen LogP contribution >= 0.6 is 0 Å². The molecule has 1 aliphatic rings. The fourth-order valence-corrected chi connectivity index (χ4v) is 4.80.